The van der Waals surface area contributed by atoms with Gasteiger partial charge in [0.15, 0.2) is 6.29 Å². The molecule has 0 aliphatic carbocycles. The van der Waals surface area contributed by atoms with Gasteiger partial charge in [-0.1, -0.05) is 0 Å². The van der Waals surface area contributed by atoms with Crippen LogP contribution in [0.2, 0.25) is 0 Å². The molecule has 0 saturated heterocycles. The second-order valence-electron chi connectivity index (χ2n) is 3.11. The molecule has 0 aliphatic heterocycles. The summed E-state index contributed by atoms with van der Waals surface area (Å²) in [6.45, 7) is 0. The van der Waals surface area contributed by atoms with Crippen molar-refractivity contribution in [3.8, 4) is 0 Å². The third-order valence-corrected chi connectivity index (χ3v) is 1.82. The molecule has 0 aliphatic rings. The Morgan fingerprint density at radius 2 is 1.82 bits per heavy atom. The monoisotopic (exact) mass is 242 g/mol. The molecule has 90 valence electrons. The van der Waals surface area contributed by atoms with Crippen molar-refractivity contribution >= 4 is 18.2 Å². The normalized spacial score (nSPS) is 13.0. The molecule has 1 rings (SSSR count). The molecule has 0 bridgehead atoms. The summed E-state index contributed by atoms with van der Waals surface area (Å²) < 4.78 is 36.7. The van der Waals surface area contributed by atoms with Gasteiger partial charge in [-0.3, -0.25) is 9.79 Å². The van der Waals surface area contributed by atoms with E-state index in [9.17, 15) is 18.0 Å². The first-order valence-electron chi connectivity index (χ1n) is 4.56. The van der Waals surface area contributed by atoms with E-state index in [4.69, 9.17) is 5.73 Å². The molecular formula is C11H9F3N2O. The van der Waals surface area contributed by atoms with Crippen molar-refractivity contribution in [2.75, 3.05) is 0 Å². The average molecular weight is 242 g/mol. The zero-order chi connectivity index (χ0) is 12.9. The van der Waals surface area contributed by atoms with E-state index >= 15 is 0 Å². The van der Waals surface area contributed by atoms with Gasteiger partial charge in [0.25, 0.3) is 0 Å². The van der Waals surface area contributed by atoms with Crippen LogP contribution in [-0.2, 0) is 11.0 Å². The Kier molecular flexibility index (Phi) is 4.03. The topological polar surface area (TPSA) is 55.5 Å². The Morgan fingerprint density at radius 3 is 2.29 bits per heavy atom. The number of nitrogens with two attached hydrogens (primary N) is 1. The van der Waals surface area contributed by atoms with E-state index in [0.29, 0.717) is 12.0 Å². The summed E-state index contributed by atoms with van der Waals surface area (Å²) in [6.07, 6.45) is -1.42. The third kappa shape index (κ3) is 4.10. The second-order valence-corrected chi connectivity index (χ2v) is 3.11. The molecule has 0 saturated carbocycles. The Morgan fingerprint density at radius 1 is 1.24 bits per heavy atom. The standard InChI is InChI=1S/C11H9F3N2O/c12-11(13,14)8-1-3-10(4-2-8)16-6-5-9(15)7-17/h1-7H,15H2. The zero-order valence-corrected chi connectivity index (χ0v) is 8.61. The predicted octanol–water partition coefficient (Wildman–Crippen LogP) is 2.45. The molecular weight excluding hydrogens is 233 g/mol. The fraction of sp³-hybridized carbons (Fsp3) is 0.0909. The number of nitrogens with zero attached hydrogens (tertiary/aromatic N) is 1. The fourth-order valence-corrected chi connectivity index (χ4v) is 0.985. The van der Waals surface area contributed by atoms with Gasteiger partial charge in [0.1, 0.15) is 0 Å². The maximum absolute atomic E-state index is 12.2. The van der Waals surface area contributed by atoms with Crippen LogP contribution in [0.5, 0.6) is 0 Å². The smallest absolute Gasteiger partial charge is 0.396 e. The van der Waals surface area contributed by atoms with Crippen LogP contribution in [0.25, 0.3) is 0 Å². The lowest BCUT2D eigenvalue weighted by Crippen LogP contribution is -2.03. The number of hydrogen-bond acceptors (Lipinski definition) is 3. The maximum atomic E-state index is 12.2. The summed E-state index contributed by atoms with van der Waals surface area (Å²) in [7, 11) is 0. The Balaban J connectivity index is 2.79. The van der Waals surface area contributed by atoms with E-state index in [0.717, 1.165) is 12.1 Å². The summed E-state index contributed by atoms with van der Waals surface area (Å²) in [4.78, 5) is 13.9. The number of hydrogen-bond donors (Lipinski definition) is 1. The molecule has 1 aromatic carbocycles. The molecule has 0 unspecified atom stereocenters. The number of carbonyl (C=O) groups is 1. The molecule has 3 nitrogen and oxygen atoms in total. The summed E-state index contributed by atoms with van der Waals surface area (Å²) in [5.41, 5.74) is 4.76. The van der Waals surface area contributed by atoms with Gasteiger partial charge in [-0.05, 0) is 30.3 Å². The highest BCUT2D eigenvalue weighted by molar-refractivity contribution is 5.84. The molecule has 0 aromatic heterocycles. The van der Waals surface area contributed by atoms with E-state index in [-0.39, 0.29) is 5.70 Å². The van der Waals surface area contributed by atoms with Gasteiger partial charge in [-0.25, -0.2) is 0 Å². The molecule has 0 heterocycles. The van der Waals surface area contributed by atoms with Crippen LogP contribution in [0.3, 0.4) is 0 Å². The zero-order valence-electron chi connectivity index (χ0n) is 8.61. The number of allylic oxidation sites excluding steroid dienone is 2. The molecule has 0 atom stereocenters. The Labute approximate surface area is 95.5 Å². The number of benzene rings is 1. The average Bonchev–Trinajstić information content (AvgIpc) is 2.28. The molecule has 0 spiro atoms. The van der Waals surface area contributed by atoms with Crippen molar-refractivity contribution in [3.05, 3.63) is 41.6 Å². The van der Waals surface area contributed by atoms with Gasteiger partial charge in [-0.15, -0.1) is 0 Å². The first-order chi connectivity index (χ1) is 7.93. The molecule has 2 N–H and O–H groups in total. The van der Waals surface area contributed by atoms with E-state index in [1.807, 2.05) is 0 Å². The van der Waals surface area contributed by atoms with Crippen LogP contribution in [0.1, 0.15) is 5.56 Å². The lowest BCUT2D eigenvalue weighted by Gasteiger charge is -2.05. The predicted molar refractivity (Wildman–Crippen MR) is 57.9 cm³/mol. The largest absolute Gasteiger partial charge is 0.416 e. The van der Waals surface area contributed by atoms with Gasteiger partial charge in [0.05, 0.1) is 16.9 Å². The number of rotatable bonds is 3. The van der Waals surface area contributed by atoms with Crippen molar-refractivity contribution in [3.63, 3.8) is 0 Å². The first kappa shape index (κ1) is 13.0. The van der Waals surface area contributed by atoms with Gasteiger partial charge < -0.3 is 5.73 Å². The van der Waals surface area contributed by atoms with E-state index in [1.54, 1.807) is 0 Å². The van der Waals surface area contributed by atoms with Crippen molar-refractivity contribution in [1.29, 1.82) is 0 Å². The van der Waals surface area contributed by atoms with Gasteiger partial charge >= 0.3 is 6.18 Å². The lowest BCUT2D eigenvalue weighted by atomic mass is 10.2. The second kappa shape index (κ2) is 5.29. The summed E-state index contributed by atoms with van der Waals surface area (Å²) in [6, 6.07) is 4.31. The van der Waals surface area contributed by atoms with Crippen LogP contribution in [0.4, 0.5) is 18.9 Å². The summed E-state index contributed by atoms with van der Waals surface area (Å²) in [5, 5.41) is 0. The molecule has 0 amide bonds. The molecule has 17 heavy (non-hydrogen) atoms. The van der Waals surface area contributed by atoms with E-state index < -0.39 is 11.7 Å². The number of carbonyl (C=O) groups excluding carboxylic acids is 1. The van der Waals surface area contributed by atoms with Crippen molar-refractivity contribution in [2.45, 2.75) is 6.18 Å². The Hall–Kier alpha value is -2.11. The van der Waals surface area contributed by atoms with E-state index in [2.05, 4.69) is 4.99 Å². The van der Waals surface area contributed by atoms with Crippen molar-refractivity contribution in [1.82, 2.24) is 0 Å². The molecule has 0 radical (unpaired) electrons. The van der Waals surface area contributed by atoms with Crippen molar-refractivity contribution < 1.29 is 18.0 Å². The summed E-state index contributed by atoms with van der Waals surface area (Å²) >= 11 is 0. The number of alkyl halides is 3. The van der Waals surface area contributed by atoms with Crippen LogP contribution in [0, 0.1) is 0 Å². The maximum Gasteiger partial charge on any atom is 0.416 e. The number of halogens is 3. The van der Waals surface area contributed by atoms with Gasteiger partial charge in [0.2, 0.25) is 0 Å². The van der Waals surface area contributed by atoms with Gasteiger partial charge in [0, 0.05) is 6.21 Å². The van der Waals surface area contributed by atoms with Crippen LogP contribution >= 0.6 is 0 Å². The first-order valence-corrected chi connectivity index (χ1v) is 4.56. The quantitative estimate of drug-likeness (QED) is 0.503. The number of aliphatic imine (C=N–C) groups is 1. The van der Waals surface area contributed by atoms with Crippen LogP contribution in [0.15, 0.2) is 41.0 Å². The molecule has 6 heteroatoms. The van der Waals surface area contributed by atoms with Crippen LogP contribution in [-0.4, -0.2) is 12.5 Å². The Bertz CT molecular complexity index is 447. The minimum absolute atomic E-state index is 0.0133. The fourth-order valence-electron chi connectivity index (χ4n) is 0.985. The molecule has 0 fully saturated rings. The summed E-state index contributed by atoms with van der Waals surface area (Å²) in [5.74, 6) is 0. The minimum Gasteiger partial charge on any atom is -0.396 e. The highest BCUT2D eigenvalue weighted by Crippen LogP contribution is 2.30. The highest BCUT2D eigenvalue weighted by atomic mass is 19.4. The van der Waals surface area contributed by atoms with Crippen LogP contribution < -0.4 is 5.73 Å². The minimum atomic E-state index is -4.36. The van der Waals surface area contributed by atoms with E-state index in [1.165, 1.54) is 24.4 Å². The SMILES string of the molecule is NC(C=O)=CC=Nc1ccc(C(F)(F)F)cc1. The number of aldehydes is 1. The molecule has 1 aromatic rings. The van der Waals surface area contributed by atoms with Crippen molar-refractivity contribution in [2.24, 2.45) is 10.7 Å². The van der Waals surface area contributed by atoms with Gasteiger partial charge in [-0.2, -0.15) is 13.2 Å². The third-order valence-electron chi connectivity index (χ3n) is 1.82. The lowest BCUT2D eigenvalue weighted by molar-refractivity contribution is -0.137. The highest BCUT2D eigenvalue weighted by Gasteiger charge is 2.29.